The van der Waals surface area contributed by atoms with Crippen LogP contribution in [0.1, 0.15) is 50.9 Å². The van der Waals surface area contributed by atoms with Crippen molar-refractivity contribution in [3.05, 3.63) is 104 Å². The molecule has 1 N–H and O–H groups in total. The number of aliphatic hydroxyl groups is 1. The first-order chi connectivity index (χ1) is 18.4. The van der Waals surface area contributed by atoms with E-state index in [4.69, 9.17) is 16.3 Å². The number of aryl methyl sites for hydroxylation is 1. The van der Waals surface area contributed by atoms with Gasteiger partial charge in [0.05, 0.1) is 22.5 Å². The van der Waals surface area contributed by atoms with Crippen LogP contribution in [-0.4, -0.2) is 26.1 Å². The molecule has 1 amide bonds. The first-order valence-corrected chi connectivity index (χ1v) is 12.4. The van der Waals surface area contributed by atoms with Crippen LogP contribution in [0.2, 0.25) is 0 Å². The van der Waals surface area contributed by atoms with Crippen LogP contribution in [0.15, 0.2) is 70.2 Å². The van der Waals surface area contributed by atoms with Gasteiger partial charge in [-0.1, -0.05) is 18.5 Å². The van der Waals surface area contributed by atoms with Crippen molar-refractivity contribution in [2.24, 2.45) is 0 Å². The zero-order valence-electron chi connectivity index (χ0n) is 22.2. The predicted molar refractivity (Wildman–Crippen MR) is 144 cm³/mol. The molecule has 0 saturated carbocycles. The van der Waals surface area contributed by atoms with Crippen LogP contribution < -0.4 is 10.5 Å². The van der Waals surface area contributed by atoms with E-state index in [2.05, 4.69) is 9.97 Å². The number of halogens is 3. The number of hydrogen-bond acceptors (Lipinski definition) is 6. The number of hydrogen-bond donors (Lipinski definition) is 1. The Morgan fingerprint density at radius 2 is 1.97 bits per heavy atom. The Bertz CT molecular complexity index is 1500. The highest BCUT2D eigenvalue weighted by Gasteiger charge is 2.25. The third kappa shape index (κ3) is 6.76. The van der Waals surface area contributed by atoms with Crippen LogP contribution >= 0.6 is 11.6 Å². The van der Waals surface area contributed by atoms with Crippen LogP contribution in [0, 0.1) is 18.6 Å². The van der Waals surface area contributed by atoms with E-state index in [0.717, 1.165) is 6.20 Å². The molecule has 3 heterocycles. The number of pyridine rings is 3. The fourth-order valence-corrected chi connectivity index (χ4v) is 3.80. The van der Waals surface area contributed by atoms with Crippen molar-refractivity contribution in [2.75, 3.05) is 4.90 Å². The molecule has 0 aliphatic rings. The average Bonchev–Trinajstić information content (AvgIpc) is 2.88. The summed E-state index contributed by atoms with van der Waals surface area (Å²) in [5, 5.41) is 10.9. The SMILES string of the molecule is CCC(C)(O)c1cccn(-c2cc(N(C=O)/C(C)=C\C(OCc3ncc(F)cc3F)=C(/C)Cl)c(C)cn2)c1=O. The van der Waals surface area contributed by atoms with Crippen LogP contribution in [0.25, 0.3) is 5.82 Å². The molecule has 0 aliphatic carbocycles. The average molecular weight is 559 g/mol. The molecular formula is C28H29ClF2N4O4. The first-order valence-electron chi connectivity index (χ1n) is 12.0. The molecule has 1 unspecified atom stereocenters. The van der Waals surface area contributed by atoms with Gasteiger partial charge in [0.15, 0.2) is 5.82 Å². The molecule has 0 spiro atoms. The van der Waals surface area contributed by atoms with Gasteiger partial charge in [-0.15, -0.1) is 0 Å². The number of allylic oxidation sites excluding steroid dienone is 3. The lowest BCUT2D eigenvalue weighted by molar-refractivity contribution is -0.107. The Morgan fingerprint density at radius 1 is 1.26 bits per heavy atom. The quantitative estimate of drug-likeness (QED) is 0.204. The molecule has 1 atom stereocenters. The predicted octanol–water partition coefficient (Wildman–Crippen LogP) is 5.39. The first kappa shape index (κ1) is 29.7. The summed E-state index contributed by atoms with van der Waals surface area (Å²) in [4.78, 5) is 34.8. The summed E-state index contributed by atoms with van der Waals surface area (Å²) in [5.41, 5.74) is -0.199. The topological polar surface area (TPSA) is 97.6 Å². The van der Waals surface area contributed by atoms with Crippen molar-refractivity contribution in [1.29, 1.82) is 0 Å². The number of ether oxygens (including phenoxy) is 1. The smallest absolute Gasteiger partial charge is 0.262 e. The van der Waals surface area contributed by atoms with Gasteiger partial charge in [-0.3, -0.25) is 24.0 Å². The lowest BCUT2D eigenvalue weighted by Crippen LogP contribution is -2.32. The van der Waals surface area contributed by atoms with Gasteiger partial charge in [-0.25, -0.2) is 13.8 Å². The molecule has 206 valence electrons. The molecule has 0 saturated heterocycles. The molecule has 0 aromatic carbocycles. The monoisotopic (exact) mass is 558 g/mol. The minimum Gasteiger partial charge on any atom is -0.486 e. The normalized spacial score (nSPS) is 13.9. The fourth-order valence-electron chi connectivity index (χ4n) is 3.69. The van der Waals surface area contributed by atoms with Gasteiger partial charge in [0, 0.05) is 41.9 Å². The maximum Gasteiger partial charge on any atom is 0.262 e. The van der Waals surface area contributed by atoms with E-state index < -0.39 is 22.8 Å². The highest BCUT2D eigenvalue weighted by molar-refractivity contribution is 6.29. The van der Waals surface area contributed by atoms with Crippen molar-refractivity contribution in [2.45, 2.75) is 53.2 Å². The number of amides is 1. The Morgan fingerprint density at radius 3 is 2.59 bits per heavy atom. The van der Waals surface area contributed by atoms with E-state index in [1.165, 1.54) is 27.9 Å². The summed E-state index contributed by atoms with van der Waals surface area (Å²) in [6, 6.07) is 5.48. The number of nitrogens with zero attached hydrogens (tertiary/aromatic N) is 4. The molecule has 8 nitrogen and oxygen atoms in total. The third-order valence-corrected chi connectivity index (χ3v) is 6.38. The highest BCUT2D eigenvalue weighted by Crippen LogP contribution is 2.27. The second-order valence-corrected chi connectivity index (χ2v) is 9.65. The van der Waals surface area contributed by atoms with E-state index in [1.807, 2.05) is 0 Å². The minimum absolute atomic E-state index is 0.116. The zero-order valence-corrected chi connectivity index (χ0v) is 23.0. The fraction of sp³-hybridized carbons (Fsp3) is 0.286. The van der Waals surface area contributed by atoms with Crippen molar-refractivity contribution in [3.63, 3.8) is 0 Å². The molecule has 0 radical (unpaired) electrons. The summed E-state index contributed by atoms with van der Waals surface area (Å²) >= 11 is 6.19. The van der Waals surface area contributed by atoms with Crippen molar-refractivity contribution in [3.8, 4) is 5.82 Å². The number of carbonyl (C=O) groups excluding carboxylic acids is 1. The van der Waals surface area contributed by atoms with Crippen molar-refractivity contribution >= 4 is 23.7 Å². The van der Waals surface area contributed by atoms with Crippen LogP contribution in [0.3, 0.4) is 0 Å². The molecule has 3 rings (SSSR count). The van der Waals surface area contributed by atoms with Gasteiger partial charge in [0.25, 0.3) is 5.56 Å². The molecule has 0 bridgehead atoms. The van der Waals surface area contributed by atoms with Crippen molar-refractivity contribution < 1.29 is 23.4 Å². The Labute approximate surface area is 229 Å². The lowest BCUT2D eigenvalue weighted by atomic mass is 9.95. The van der Waals surface area contributed by atoms with Crippen LogP contribution in [0.5, 0.6) is 0 Å². The summed E-state index contributed by atoms with van der Waals surface area (Å²) in [6.45, 7) is 7.96. The second kappa shape index (κ2) is 12.3. The van der Waals surface area contributed by atoms with Gasteiger partial charge in [-0.2, -0.15) is 0 Å². The van der Waals surface area contributed by atoms with Crippen molar-refractivity contribution in [1.82, 2.24) is 14.5 Å². The number of carbonyl (C=O) groups is 1. The highest BCUT2D eigenvalue weighted by atomic mass is 35.5. The number of rotatable bonds is 10. The van der Waals surface area contributed by atoms with E-state index in [-0.39, 0.29) is 34.5 Å². The minimum atomic E-state index is -1.32. The van der Waals surface area contributed by atoms with Crippen LogP contribution in [-0.2, 0) is 21.7 Å². The molecule has 0 aliphatic heterocycles. The van der Waals surface area contributed by atoms with E-state index in [1.54, 1.807) is 52.8 Å². The lowest BCUT2D eigenvalue weighted by Gasteiger charge is -2.23. The summed E-state index contributed by atoms with van der Waals surface area (Å²) in [6.07, 6.45) is 6.34. The number of anilines is 1. The molecule has 39 heavy (non-hydrogen) atoms. The summed E-state index contributed by atoms with van der Waals surface area (Å²) in [7, 11) is 0. The molecule has 11 heteroatoms. The van der Waals surface area contributed by atoms with Gasteiger partial charge in [0.2, 0.25) is 6.41 Å². The number of aromatic nitrogens is 3. The zero-order chi connectivity index (χ0) is 28.9. The van der Waals surface area contributed by atoms with Gasteiger partial charge >= 0.3 is 0 Å². The molecule has 0 fully saturated rings. The summed E-state index contributed by atoms with van der Waals surface area (Å²) in [5.74, 6) is -1.29. The largest absolute Gasteiger partial charge is 0.486 e. The van der Waals surface area contributed by atoms with Crippen LogP contribution in [0.4, 0.5) is 14.5 Å². The molecule has 3 aromatic rings. The summed E-state index contributed by atoms with van der Waals surface area (Å²) < 4.78 is 34.1. The standard InChI is InChI=1S/C28H29ClF2N4O4/c1-6-28(5,38)21-8-7-9-34(27(21)37)26-12-24(17(2)13-33-26)35(16-36)18(3)10-25(19(4)29)39-15-23-22(31)11-20(30)14-32-23/h7-14,16,38H,6,15H2,1-5H3/b18-10-,25-19-. The third-order valence-electron chi connectivity index (χ3n) is 6.20. The van der Waals surface area contributed by atoms with E-state index >= 15 is 0 Å². The Kier molecular flexibility index (Phi) is 9.36. The van der Waals surface area contributed by atoms with E-state index in [0.29, 0.717) is 35.8 Å². The molecular weight excluding hydrogens is 530 g/mol. The second-order valence-electron chi connectivity index (χ2n) is 9.08. The molecule has 3 aromatic heterocycles. The maximum absolute atomic E-state index is 14.0. The Balaban J connectivity index is 1.98. The van der Waals surface area contributed by atoms with Gasteiger partial charge < -0.3 is 9.84 Å². The Hall–Kier alpha value is -3.89. The van der Waals surface area contributed by atoms with Gasteiger partial charge in [-0.05, 0) is 51.8 Å². The maximum atomic E-state index is 14.0. The van der Waals surface area contributed by atoms with Gasteiger partial charge in [0.1, 0.15) is 29.7 Å². The van der Waals surface area contributed by atoms with E-state index in [9.17, 15) is 23.5 Å².